The Morgan fingerprint density at radius 1 is 1.16 bits per heavy atom. The molecule has 1 amide bonds. The van der Waals surface area contributed by atoms with Crippen molar-refractivity contribution in [2.75, 3.05) is 26.2 Å². The van der Waals surface area contributed by atoms with Crippen LogP contribution in [0.25, 0.3) is 10.9 Å². The van der Waals surface area contributed by atoms with E-state index in [2.05, 4.69) is 51.7 Å². The van der Waals surface area contributed by atoms with E-state index >= 15 is 0 Å². The number of hydrogen-bond donors (Lipinski definition) is 2. The van der Waals surface area contributed by atoms with Gasteiger partial charge in [0.15, 0.2) is 5.96 Å². The van der Waals surface area contributed by atoms with Gasteiger partial charge in [-0.05, 0) is 44.2 Å². The van der Waals surface area contributed by atoms with Crippen LogP contribution in [0.3, 0.4) is 0 Å². The van der Waals surface area contributed by atoms with Crippen LogP contribution in [-0.4, -0.2) is 54.0 Å². The number of carbonyl (C=O) groups is 1. The predicted molar refractivity (Wildman–Crippen MR) is 126 cm³/mol. The van der Waals surface area contributed by atoms with Crippen molar-refractivity contribution in [3.8, 4) is 0 Å². The van der Waals surface area contributed by atoms with Crippen molar-refractivity contribution in [2.45, 2.75) is 57.9 Å². The van der Waals surface area contributed by atoms with Crippen molar-refractivity contribution in [3.63, 3.8) is 0 Å². The van der Waals surface area contributed by atoms with Gasteiger partial charge in [-0.3, -0.25) is 14.8 Å². The minimum absolute atomic E-state index is 0.253. The molecule has 31 heavy (non-hydrogen) atoms. The van der Waals surface area contributed by atoms with E-state index in [0.29, 0.717) is 12.5 Å². The number of nitrogens with one attached hydrogen (secondary N) is 2. The van der Waals surface area contributed by atoms with Crippen LogP contribution in [0.15, 0.2) is 41.5 Å². The number of pyridine rings is 1. The van der Waals surface area contributed by atoms with Crippen molar-refractivity contribution < 1.29 is 4.79 Å². The summed E-state index contributed by atoms with van der Waals surface area (Å²) in [5, 5.41) is 8.09. The van der Waals surface area contributed by atoms with Crippen LogP contribution in [0.2, 0.25) is 0 Å². The number of fused-ring (bicyclic) bond motifs is 1. The lowest BCUT2D eigenvalue weighted by atomic mass is 9.88. The zero-order valence-corrected chi connectivity index (χ0v) is 18.6. The van der Waals surface area contributed by atoms with Gasteiger partial charge in [-0.2, -0.15) is 0 Å². The summed E-state index contributed by atoms with van der Waals surface area (Å²) < 4.78 is 0. The standard InChI is InChI=1S/C25H35N5O/c1-2-26-25(28-16-13-20-11-6-10-19-12-7-15-27-23(19)20)29-22-14-17-30(18-22)24(31)21-8-4-3-5-9-21/h6-7,10-12,15,21-22H,2-5,8-9,13-14,16-18H2,1H3,(H2,26,28,29). The van der Waals surface area contributed by atoms with Crippen LogP contribution < -0.4 is 10.6 Å². The molecule has 4 rings (SSSR count). The number of guanidine groups is 1. The highest BCUT2D eigenvalue weighted by atomic mass is 16.2. The van der Waals surface area contributed by atoms with Crippen molar-refractivity contribution in [1.29, 1.82) is 0 Å². The van der Waals surface area contributed by atoms with E-state index in [4.69, 9.17) is 4.99 Å². The lowest BCUT2D eigenvalue weighted by molar-refractivity contribution is -0.135. The van der Waals surface area contributed by atoms with E-state index in [1.165, 1.54) is 30.2 Å². The van der Waals surface area contributed by atoms with Crippen LogP contribution in [0.5, 0.6) is 0 Å². The molecule has 1 saturated heterocycles. The minimum atomic E-state index is 0.253. The summed E-state index contributed by atoms with van der Waals surface area (Å²) in [7, 11) is 0. The Bertz CT molecular complexity index is 900. The molecule has 2 aliphatic rings. The predicted octanol–water partition coefficient (Wildman–Crippen LogP) is 3.51. The maximum atomic E-state index is 12.8. The van der Waals surface area contributed by atoms with Crippen molar-refractivity contribution in [3.05, 3.63) is 42.1 Å². The number of benzene rings is 1. The van der Waals surface area contributed by atoms with Gasteiger partial charge >= 0.3 is 0 Å². The van der Waals surface area contributed by atoms with Gasteiger partial charge in [0.2, 0.25) is 5.91 Å². The first-order valence-corrected chi connectivity index (χ1v) is 11.9. The molecule has 2 N–H and O–H groups in total. The van der Waals surface area contributed by atoms with Gasteiger partial charge in [0.1, 0.15) is 0 Å². The van der Waals surface area contributed by atoms with Crippen LogP contribution in [0.1, 0.15) is 51.0 Å². The molecule has 1 unspecified atom stereocenters. The number of rotatable bonds is 6. The number of hydrogen-bond acceptors (Lipinski definition) is 3. The van der Waals surface area contributed by atoms with E-state index in [9.17, 15) is 4.79 Å². The Morgan fingerprint density at radius 2 is 2.00 bits per heavy atom. The van der Waals surface area contributed by atoms with E-state index in [1.54, 1.807) is 0 Å². The average Bonchev–Trinajstić information content (AvgIpc) is 3.28. The SMILES string of the molecule is CCNC(=NCCc1cccc2cccnc12)NC1CCN(C(=O)C2CCCCC2)C1. The summed E-state index contributed by atoms with van der Waals surface area (Å²) in [5.74, 6) is 1.46. The normalized spacial score (nSPS) is 20.2. The highest BCUT2D eigenvalue weighted by molar-refractivity contribution is 5.82. The fraction of sp³-hybridized carbons (Fsp3) is 0.560. The smallest absolute Gasteiger partial charge is 0.225 e. The number of likely N-dealkylation sites (tertiary alicyclic amines) is 1. The first-order valence-electron chi connectivity index (χ1n) is 11.9. The Balaban J connectivity index is 1.32. The molecular weight excluding hydrogens is 386 g/mol. The van der Waals surface area contributed by atoms with Crippen LogP contribution in [0.4, 0.5) is 0 Å². The maximum absolute atomic E-state index is 12.8. The number of amides is 1. The fourth-order valence-electron chi connectivity index (χ4n) is 4.86. The highest BCUT2D eigenvalue weighted by Gasteiger charge is 2.31. The average molecular weight is 422 g/mol. The van der Waals surface area contributed by atoms with Crippen LogP contribution in [-0.2, 0) is 11.2 Å². The van der Waals surface area contributed by atoms with E-state index in [0.717, 1.165) is 56.8 Å². The topological polar surface area (TPSA) is 69.6 Å². The molecule has 1 aromatic carbocycles. The van der Waals surface area contributed by atoms with Gasteiger partial charge in [0.05, 0.1) is 5.52 Å². The number of nitrogens with zero attached hydrogens (tertiary/aromatic N) is 3. The summed E-state index contributed by atoms with van der Waals surface area (Å²) in [5.41, 5.74) is 2.29. The molecule has 1 aromatic heterocycles. The summed E-state index contributed by atoms with van der Waals surface area (Å²) in [6.45, 7) is 5.24. The van der Waals surface area contributed by atoms with E-state index in [-0.39, 0.29) is 12.0 Å². The second-order valence-corrected chi connectivity index (χ2v) is 8.75. The largest absolute Gasteiger partial charge is 0.357 e. The third-order valence-corrected chi connectivity index (χ3v) is 6.51. The zero-order chi connectivity index (χ0) is 21.5. The summed E-state index contributed by atoms with van der Waals surface area (Å²) >= 11 is 0. The van der Waals surface area contributed by atoms with Gasteiger partial charge in [0, 0.05) is 49.7 Å². The van der Waals surface area contributed by atoms with Crippen molar-refractivity contribution in [2.24, 2.45) is 10.9 Å². The van der Waals surface area contributed by atoms with Crippen molar-refractivity contribution in [1.82, 2.24) is 20.5 Å². The van der Waals surface area contributed by atoms with Gasteiger partial charge in [-0.1, -0.05) is 43.5 Å². The molecule has 1 atom stereocenters. The summed E-state index contributed by atoms with van der Waals surface area (Å²) in [6.07, 6.45) is 9.51. The van der Waals surface area contributed by atoms with Crippen LogP contribution in [0, 0.1) is 5.92 Å². The van der Waals surface area contributed by atoms with Gasteiger partial charge in [0.25, 0.3) is 0 Å². The quantitative estimate of drug-likeness (QED) is 0.553. The van der Waals surface area contributed by atoms with Crippen molar-refractivity contribution >= 4 is 22.8 Å². The van der Waals surface area contributed by atoms with E-state index < -0.39 is 0 Å². The molecule has 1 aliphatic heterocycles. The van der Waals surface area contributed by atoms with Gasteiger partial charge < -0.3 is 15.5 Å². The monoisotopic (exact) mass is 421 g/mol. The summed E-state index contributed by atoms with van der Waals surface area (Å²) in [6, 6.07) is 10.7. The molecule has 1 aliphatic carbocycles. The Hall–Kier alpha value is -2.63. The molecule has 6 heteroatoms. The number of aliphatic imine (C=N–C) groups is 1. The lowest BCUT2D eigenvalue weighted by Crippen LogP contribution is -2.45. The third-order valence-electron chi connectivity index (χ3n) is 6.51. The lowest BCUT2D eigenvalue weighted by Gasteiger charge is -2.26. The fourth-order valence-corrected chi connectivity index (χ4v) is 4.86. The Kier molecular flexibility index (Phi) is 7.39. The summed E-state index contributed by atoms with van der Waals surface area (Å²) in [4.78, 5) is 24.3. The number of aromatic nitrogens is 1. The molecule has 0 radical (unpaired) electrons. The first kappa shape index (κ1) is 21.6. The van der Waals surface area contributed by atoms with Crippen LogP contribution >= 0.6 is 0 Å². The third kappa shape index (κ3) is 5.54. The molecule has 2 fully saturated rings. The maximum Gasteiger partial charge on any atom is 0.225 e. The molecule has 2 heterocycles. The van der Waals surface area contributed by atoms with E-state index in [1.807, 2.05) is 12.3 Å². The minimum Gasteiger partial charge on any atom is -0.357 e. The number of carbonyl (C=O) groups excluding carboxylic acids is 1. The molecule has 1 saturated carbocycles. The molecular formula is C25H35N5O. The molecule has 0 spiro atoms. The highest BCUT2D eigenvalue weighted by Crippen LogP contribution is 2.26. The molecule has 2 aromatic rings. The second kappa shape index (κ2) is 10.6. The molecule has 166 valence electrons. The first-order chi connectivity index (χ1) is 15.2. The Labute approximate surface area is 185 Å². The Morgan fingerprint density at radius 3 is 2.84 bits per heavy atom. The molecule has 0 bridgehead atoms. The molecule has 6 nitrogen and oxygen atoms in total. The second-order valence-electron chi connectivity index (χ2n) is 8.75. The zero-order valence-electron chi connectivity index (χ0n) is 18.6. The van der Waals surface area contributed by atoms with Gasteiger partial charge in [-0.25, -0.2) is 0 Å². The van der Waals surface area contributed by atoms with Gasteiger partial charge in [-0.15, -0.1) is 0 Å². The number of para-hydroxylation sites is 1.